The zero-order valence-corrected chi connectivity index (χ0v) is 14.5. The number of ether oxygens (including phenoxy) is 4. The van der Waals surface area contributed by atoms with Crippen molar-refractivity contribution in [3.8, 4) is 0 Å². The number of alkyl halides is 1. The van der Waals surface area contributed by atoms with Crippen LogP contribution in [-0.2, 0) is 18.9 Å². The molecule has 0 saturated carbocycles. The summed E-state index contributed by atoms with van der Waals surface area (Å²) in [6.45, 7) is 11.0. The van der Waals surface area contributed by atoms with Crippen LogP contribution < -0.4 is 0 Å². The van der Waals surface area contributed by atoms with Gasteiger partial charge in [0.05, 0.1) is 6.10 Å². The highest BCUT2D eigenvalue weighted by atomic mass is 127. The summed E-state index contributed by atoms with van der Waals surface area (Å²) in [7, 11) is 0. The molecule has 2 aliphatic rings. The standard InChI is InChI=1S/C14H23IO5/c1-6-8(16)10-12(20-14(4,5)18-10)11-9(7-15)17-13(2,3)19-11/h6,8-12,16H,1,7H2,2-5H3/t8-,9+,10-,11+,12+/m0/s1. The quantitative estimate of drug-likeness (QED) is 0.446. The maximum Gasteiger partial charge on any atom is 0.164 e. The van der Waals surface area contributed by atoms with E-state index in [1.807, 2.05) is 27.7 Å². The van der Waals surface area contributed by atoms with Crippen LogP contribution in [0.25, 0.3) is 0 Å². The SMILES string of the molecule is C=C[C@H](O)[C@@H]1OC(C)(C)O[C@H]1[C@@H]1OC(C)(C)O[C@@H]1CI. The Morgan fingerprint density at radius 2 is 1.65 bits per heavy atom. The highest BCUT2D eigenvalue weighted by Crippen LogP contribution is 2.39. The summed E-state index contributed by atoms with van der Waals surface area (Å²) < 4.78 is 24.4. The van der Waals surface area contributed by atoms with Crippen molar-refractivity contribution in [3.05, 3.63) is 12.7 Å². The molecule has 20 heavy (non-hydrogen) atoms. The molecule has 2 fully saturated rings. The molecule has 0 aromatic carbocycles. The van der Waals surface area contributed by atoms with E-state index >= 15 is 0 Å². The van der Waals surface area contributed by atoms with Crippen LogP contribution >= 0.6 is 22.6 Å². The first-order valence-corrected chi connectivity index (χ1v) is 8.29. The summed E-state index contributed by atoms with van der Waals surface area (Å²) in [5.41, 5.74) is 0. The molecule has 5 nitrogen and oxygen atoms in total. The molecule has 2 heterocycles. The van der Waals surface area contributed by atoms with Crippen LogP contribution in [0.15, 0.2) is 12.7 Å². The Bertz CT molecular complexity index is 371. The molecular formula is C14H23IO5. The minimum absolute atomic E-state index is 0.0902. The molecule has 0 spiro atoms. The van der Waals surface area contributed by atoms with E-state index in [9.17, 15) is 5.11 Å². The van der Waals surface area contributed by atoms with Crippen molar-refractivity contribution in [2.75, 3.05) is 4.43 Å². The fraction of sp³-hybridized carbons (Fsp3) is 0.857. The second-order valence-electron chi connectivity index (χ2n) is 6.08. The van der Waals surface area contributed by atoms with Gasteiger partial charge in [0.25, 0.3) is 0 Å². The van der Waals surface area contributed by atoms with E-state index < -0.39 is 23.8 Å². The van der Waals surface area contributed by atoms with E-state index in [0.717, 1.165) is 4.43 Å². The molecule has 0 aromatic heterocycles. The molecule has 0 bridgehead atoms. The summed E-state index contributed by atoms with van der Waals surface area (Å²) in [6, 6.07) is 0. The van der Waals surface area contributed by atoms with Crippen molar-refractivity contribution < 1.29 is 24.1 Å². The molecule has 2 aliphatic heterocycles. The van der Waals surface area contributed by atoms with E-state index in [0.29, 0.717) is 0 Å². The largest absolute Gasteiger partial charge is 0.386 e. The summed E-state index contributed by atoms with van der Waals surface area (Å²) in [4.78, 5) is 0. The van der Waals surface area contributed by atoms with Crippen LogP contribution in [0.2, 0.25) is 0 Å². The first-order chi connectivity index (χ1) is 9.19. The highest BCUT2D eigenvalue weighted by Gasteiger charge is 2.54. The van der Waals surface area contributed by atoms with Gasteiger partial charge in [-0.1, -0.05) is 28.7 Å². The molecule has 5 atom stereocenters. The maximum absolute atomic E-state index is 10.1. The number of halogens is 1. The van der Waals surface area contributed by atoms with Crippen LogP contribution in [0.4, 0.5) is 0 Å². The smallest absolute Gasteiger partial charge is 0.164 e. The first-order valence-electron chi connectivity index (χ1n) is 6.77. The molecule has 6 heteroatoms. The lowest BCUT2D eigenvalue weighted by Crippen LogP contribution is -2.46. The van der Waals surface area contributed by atoms with Crippen LogP contribution in [0, 0.1) is 0 Å². The second-order valence-corrected chi connectivity index (χ2v) is 6.96. The van der Waals surface area contributed by atoms with E-state index in [1.54, 1.807) is 0 Å². The van der Waals surface area contributed by atoms with Crippen LogP contribution in [0.5, 0.6) is 0 Å². The van der Waals surface area contributed by atoms with Gasteiger partial charge in [-0.3, -0.25) is 0 Å². The van der Waals surface area contributed by atoms with Crippen LogP contribution in [0.1, 0.15) is 27.7 Å². The molecule has 2 rings (SSSR count). The van der Waals surface area contributed by atoms with Gasteiger partial charge in [0.15, 0.2) is 11.6 Å². The third-order valence-electron chi connectivity index (χ3n) is 3.44. The van der Waals surface area contributed by atoms with E-state index in [2.05, 4.69) is 29.2 Å². The summed E-state index contributed by atoms with van der Waals surface area (Å²) in [5, 5.41) is 10.1. The molecule has 0 amide bonds. The summed E-state index contributed by atoms with van der Waals surface area (Å²) >= 11 is 2.27. The maximum atomic E-state index is 10.1. The third kappa shape index (κ3) is 3.36. The number of aliphatic hydroxyl groups is 1. The Kier molecular flexibility index (Phi) is 4.83. The van der Waals surface area contributed by atoms with Gasteiger partial charge in [0.1, 0.15) is 24.4 Å². The highest BCUT2D eigenvalue weighted by molar-refractivity contribution is 14.1. The molecule has 2 saturated heterocycles. The van der Waals surface area contributed by atoms with Gasteiger partial charge in [-0.15, -0.1) is 6.58 Å². The van der Waals surface area contributed by atoms with Crippen LogP contribution in [0.3, 0.4) is 0 Å². The lowest BCUT2D eigenvalue weighted by molar-refractivity contribution is -0.175. The zero-order chi connectivity index (χ0) is 15.1. The Morgan fingerprint density at radius 1 is 1.10 bits per heavy atom. The summed E-state index contributed by atoms with van der Waals surface area (Å²) in [5.74, 6) is -1.41. The minimum atomic E-state index is -0.802. The second kappa shape index (κ2) is 5.81. The van der Waals surface area contributed by atoms with Crippen molar-refractivity contribution in [2.45, 2.75) is 69.8 Å². The molecule has 1 N–H and O–H groups in total. The molecule has 0 aromatic rings. The summed E-state index contributed by atoms with van der Waals surface area (Å²) in [6.07, 6.45) is -0.600. The molecular weight excluding hydrogens is 375 g/mol. The Balaban J connectivity index is 2.22. The normalized spacial score (nSPS) is 40.7. The lowest BCUT2D eigenvalue weighted by Gasteiger charge is -2.26. The number of hydrogen-bond donors (Lipinski definition) is 1. The number of rotatable bonds is 4. The lowest BCUT2D eigenvalue weighted by atomic mass is 10.00. The van der Waals surface area contributed by atoms with Crippen molar-refractivity contribution in [1.82, 2.24) is 0 Å². The monoisotopic (exact) mass is 398 g/mol. The van der Waals surface area contributed by atoms with E-state index in [-0.39, 0.29) is 18.3 Å². The molecule has 116 valence electrons. The molecule has 0 unspecified atom stereocenters. The van der Waals surface area contributed by atoms with Gasteiger partial charge < -0.3 is 24.1 Å². The van der Waals surface area contributed by atoms with Crippen molar-refractivity contribution in [3.63, 3.8) is 0 Å². The van der Waals surface area contributed by atoms with E-state index in [4.69, 9.17) is 18.9 Å². The van der Waals surface area contributed by atoms with Crippen molar-refractivity contribution in [1.29, 1.82) is 0 Å². The first kappa shape index (κ1) is 16.6. The topological polar surface area (TPSA) is 57.2 Å². The van der Waals surface area contributed by atoms with Crippen molar-refractivity contribution >= 4 is 22.6 Å². The Labute approximate surface area is 133 Å². The van der Waals surface area contributed by atoms with Gasteiger partial charge in [-0.05, 0) is 27.7 Å². The van der Waals surface area contributed by atoms with Crippen molar-refractivity contribution in [2.24, 2.45) is 0 Å². The van der Waals surface area contributed by atoms with Crippen LogP contribution in [-0.4, -0.2) is 51.6 Å². The minimum Gasteiger partial charge on any atom is -0.386 e. The zero-order valence-electron chi connectivity index (χ0n) is 12.3. The average molecular weight is 398 g/mol. The average Bonchev–Trinajstić information content (AvgIpc) is 2.84. The predicted octanol–water partition coefficient (Wildman–Crippen LogP) is 2.01. The molecule has 0 aliphatic carbocycles. The number of hydrogen-bond acceptors (Lipinski definition) is 5. The Hall–Kier alpha value is 0.270. The third-order valence-corrected chi connectivity index (χ3v) is 4.31. The fourth-order valence-electron chi connectivity index (χ4n) is 2.73. The molecule has 0 radical (unpaired) electrons. The number of aliphatic hydroxyl groups excluding tert-OH is 1. The van der Waals surface area contributed by atoms with Gasteiger partial charge in [-0.2, -0.15) is 0 Å². The van der Waals surface area contributed by atoms with E-state index in [1.165, 1.54) is 6.08 Å². The van der Waals surface area contributed by atoms with Gasteiger partial charge >= 0.3 is 0 Å². The van der Waals surface area contributed by atoms with Gasteiger partial charge in [0, 0.05) is 4.43 Å². The Morgan fingerprint density at radius 3 is 2.20 bits per heavy atom. The predicted molar refractivity (Wildman–Crippen MR) is 82.7 cm³/mol. The van der Waals surface area contributed by atoms with Gasteiger partial charge in [0.2, 0.25) is 0 Å². The van der Waals surface area contributed by atoms with Gasteiger partial charge in [-0.25, -0.2) is 0 Å². The fourth-order valence-corrected chi connectivity index (χ4v) is 3.41.